The van der Waals surface area contributed by atoms with Gasteiger partial charge in [-0.3, -0.25) is 9.36 Å². The van der Waals surface area contributed by atoms with Crippen LogP contribution in [-0.2, 0) is 18.4 Å². The molecule has 9 heteroatoms. The maximum absolute atomic E-state index is 13.0. The fourth-order valence-corrected chi connectivity index (χ4v) is 9.43. The van der Waals surface area contributed by atoms with Gasteiger partial charge < -0.3 is 28.8 Å². The first-order valence-corrected chi connectivity index (χ1v) is 34.2. The van der Waals surface area contributed by atoms with Crippen molar-refractivity contribution in [3.8, 4) is 0 Å². The van der Waals surface area contributed by atoms with Crippen LogP contribution >= 0.6 is 7.82 Å². The molecule has 0 aromatic rings. The average Bonchev–Trinajstić information content (AvgIpc) is 3.43. The molecule has 462 valence electrons. The minimum absolute atomic E-state index is 0.0161. The summed E-state index contributed by atoms with van der Waals surface area (Å²) in [4.78, 5) is 25.6. The standard InChI is InChI=1S/C72H123N2O6P/c1-6-8-10-12-14-16-18-20-22-24-26-28-29-30-31-32-33-34-35-36-37-38-39-40-41-42-43-44-45-46-48-50-52-54-56-58-60-62-64-66-72(76)73-70(69-80-81(77,78)79-68-67-74(3,4)5)71(75)65-63-61-59-57-55-53-51-49-47-27-25-23-21-19-17-15-13-11-9-7-2/h8,10,14,16,20,22,26,28,30-31,33-34,36-37,39-40,42-43,47,49,55,57,63,65,70-71,75H,6-7,9,11-13,15,17-19,21,23-25,27,29,32,35,38,41,44-46,48,50-54,56,58-62,64,66-69H2,1-5H3,(H-,73,76,77,78)/b10-8-,16-14-,22-20-,28-26-,31-30-,34-33-,37-36-,40-39-,43-42-,49-47+,57-55+,65-63+. The summed E-state index contributed by atoms with van der Waals surface area (Å²) in [6, 6.07) is -0.922. The number of allylic oxidation sites excluding steroid dienone is 23. The number of aliphatic hydroxyl groups is 1. The van der Waals surface area contributed by atoms with Crippen LogP contribution in [0.1, 0.15) is 251 Å². The number of hydrogen-bond acceptors (Lipinski definition) is 6. The zero-order valence-corrected chi connectivity index (χ0v) is 53.6. The fraction of sp³-hybridized carbons (Fsp3) is 0.653. The first-order valence-electron chi connectivity index (χ1n) is 32.7. The summed E-state index contributed by atoms with van der Waals surface area (Å²) in [5.41, 5.74) is 0. The quantitative estimate of drug-likeness (QED) is 0.0272. The van der Waals surface area contributed by atoms with Crippen molar-refractivity contribution in [2.24, 2.45) is 0 Å². The lowest BCUT2D eigenvalue weighted by atomic mass is 10.0. The van der Waals surface area contributed by atoms with E-state index in [0.29, 0.717) is 17.4 Å². The van der Waals surface area contributed by atoms with Gasteiger partial charge in [0.1, 0.15) is 13.2 Å². The monoisotopic (exact) mass is 1140 g/mol. The van der Waals surface area contributed by atoms with Gasteiger partial charge in [0, 0.05) is 6.42 Å². The van der Waals surface area contributed by atoms with Crippen LogP contribution in [-0.4, -0.2) is 68.5 Å². The smallest absolute Gasteiger partial charge is 0.268 e. The number of unbranched alkanes of at least 4 members (excludes halogenated alkanes) is 23. The molecule has 0 aromatic carbocycles. The maximum atomic E-state index is 13.0. The van der Waals surface area contributed by atoms with Gasteiger partial charge in [-0.1, -0.05) is 275 Å². The molecular formula is C72H123N2O6P. The van der Waals surface area contributed by atoms with Crippen LogP contribution in [0.3, 0.4) is 0 Å². The number of aliphatic hydroxyl groups excluding tert-OH is 1. The third-order valence-corrected chi connectivity index (χ3v) is 14.7. The lowest BCUT2D eigenvalue weighted by molar-refractivity contribution is -0.870. The van der Waals surface area contributed by atoms with Crippen molar-refractivity contribution in [2.75, 3.05) is 40.9 Å². The third-order valence-electron chi connectivity index (χ3n) is 13.8. The second-order valence-corrected chi connectivity index (χ2v) is 24.1. The van der Waals surface area contributed by atoms with Gasteiger partial charge in [0.2, 0.25) is 5.91 Å². The molecule has 0 spiro atoms. The number of carbonyl (C=O) groups excluding carboxylic acids is 1. The van der Waals surface area contributed by atoms with E-state index in [1.54, 1.807) is 6.08 Å². The predicted octanol–water partition coefficient (Wildman–Crippen LogP) is 20.2. The van der Waals surface area contributed by atoms with Gasteiger partial charge in [-0.05, 0) is 116 Å². The van der Waals surface area contributed by atoms with Crippen molar-refractivity contribution < 1.29 is 32.9 Å². The maximum Gasteiger partial charge on any atom is 0.268 e. The highest BCUT2D eigenvalue weighted by Crippen LogP contribution is 2.38. The van der Waals surface area contributed by atoms with E-state index in [1.807, 2.05) is 27.2 Å². The summed E-state index contributed by atoms with van der Waals surface area (Å²) in [6.07, 6.45) is 93.7. The van der Waals surface area contributed by atoms with Crippen LogP contribution in [0.15, 0.2) is 146 Å². The molecule has 0 fully saturated rings. The normalized spacial score (nSPS) is 14.7. The minimum Gasteiger partial charge on any atom is -0.756 e. The number of hydrogen-bond donors (Lipinski definition) is 2. The molecule has 0 saturated carbocycles. The summed E-state index contributed by atoms with van der Waals surface area (Å²) in [5, 5.41) is 13.9. The Morgan fingerprint density at radius 2 is 0.765 bits per heavy atom. The minimum atomic E-state index is -4.62. The van der Waals surface area contributed by atoms with Crippen LogP contribution in [0.5, 0.6) is 0 Å². The molecule has 3 atom stereocenters. The Hall–Kier alpha value is -3.62. The Morgan fingerprint density at radius 1 is 0.444 bits per heavy atom. The predicted molar refractivity (Wildman–Crippen MR) is 352 cm³/mol. The summed E-state index contributed by atoms with van der Waals surface area (Å²) >= 11 is 0. The summed E-state index contributed by atoms with van der Waals surface area (Å²) in [7, 11) is 1.22. The highest BCUT2D eigenvalue weighted by molar-refractivity contribution is 7.45. The zero-order chi connectivity index (χ0) is 59.1. The van der Waals surface area contributed by atoms with E-state index < -0.39 is 26.6 Å². The number of phosphoric acid groups is 1. The van der Waals surface area contributed by atoms with Crippen LogP contribution < -0.4 is 10.2 Å². The number of nitrogens with zero attached hydrogens (tertiary/aromatic N) is 1. The number of nitrogens with one attached hydrogen (secondary N) is 1. The summed E-state index contributed by atoms with van der Waals surface area (Å²) in [6.45, 7) is 4.50. The lowest BCUT2D eigenvalue weighted by Gasteiger charge is -2.29. The van der Waals surface area contributed by atoms with Gasteiger partial charge in [0.15, 0.2) is 0 Å². The Labute approximate surface area is 499 Å². The number of amides is 1. The third kappa shape index (κ3) is 63.8. The number of carbonyl (C=O) groups is 1. The Bertz CT molecular complexity index is 1830. The highest BCUT2D eigenvalue weighted by Gasteiger charge is 2.23. The van der Waals surface area contributed by atoms with Crippen molar-refractivity contribution in [3.05, 3.63) is 146 Å². The molecule has 0 aliphatic carbocycles. The van der Waals surface area contributed by atoms with E-state index in [2.05, 4.69) is 153 Å². The van der Waals surface area contributed by atoms with Crippen molar-refractivity contribution in [1.29, 1.82) is 0 Å². The molecule has 0 heterocycles. The summed E-state index contributed by atoms with van der Waals surface area (Å²) < 4.78 is 23.4. The van der Waals surface area contributed by atoms with E-state index in [0.717, 1.165) is 109 Å². The van der Waals surface area contributed by atoms with E-state index in [4.69, 9.17) is 9.05 Å². The molecular weight excluding hydrogens is 1020 g/mol. The molecule has 0 radical (unpaired) electrons. The Morgan fingerprint density at radius 3 is 1.15 bits per heavy atom. The molecule has 2 N–H and O–H groups in total. The van der Waals surface area contributed by atoms with Gasteiger partial charge >= 0.3 is 0 Å². The molecule has 0 aliphatic heterocycles. The largest absolute Gasteiger partial charge is 0.756 e. The molecule has 8 nitrogen and oxygen atoms in total. The first-order chi connectivity index (χ1) is 39.5. The van der Waals surface area contributed by atoms with E-state index in [9.17, 15) is 19.4 Å². The molecule has 1 amide bonds. The van der Waals surface area contributed by atoms with Crippen LogP contribution in [0.4, 0.5) is 0 Å². The second-order valence-electron chi connectivity index (χ2n) is 22.7. The van der Waals surface area contributed by atoms with Gasteiger partial charge in [0.05, 0.1) is 39.9 Å². The molecule has 0 aliphatic rings. The van der Waals surface area contributed by atoms with Crippen molar-refractivity contribution in [2.45, 2.75) is 264 Å². The molecule has 0 rings (SSSR count). The number of likely N-dealkylation sites (N-methyl/N-ethyl adjacent to an activating group) is 1. The van der Waals surface area contributed by atoms with Gasteiger partial charge in [-0.15, -0.1) is 0 Å². The first kappa shape index (κ1) is 77.4. The fourth-order valence-electron chi connectivity index (χ4n) is 8.71. The average molecular weight is 1140 g/mol. The van der Waals surface area contributed by atoms with Gasteiger partial charge in [-0.2, -0.15) is 0 Å². The zero-order valence-electron chi connectivity index (χ0n) is 52.7. The SMILES string of the molecule is CC/C=C\C/C=C\C/C=C\C/C=C\C/C=C\C/C=C\C/C=C\C/C=C\C/C=C\CCCCCCCCCCCCCC(=O)NC(COP(=O)([O-])OCC[N+](C)(C)C)C(O)/C=C/CC/C=C/CC/C=C/CCCCCCCCCCCC. The number of quaternary nitrogens is 1. The molecule has 0 bridgehead atoms. The number of phosphoric ester groups is 1. The van der Waals surface area contributed by atoms with Gasteiger partial charge in [-0.25, -0.2) is 0 Å². The van der Waals surface area contributed by atoms with Crippen LogP contribution in [0.25, 0.3) is 0 Å². The molecule has 81 heavy (non-hydrogen) atoms. The van der Waals surface area contributed by atoms with Crippen LogP contribution in [0.2, 0.25) is 0 Å². The molecule has 3 unspecified atom stereocenters. The molecule has 0 aromatic heterocycles. The van der Waals surface area contributed by atoms with Crippen molar-refractivity contribution >= 4 is 13.7 Å². The van der Waals surface area contributed by atoms with E-state index >= 15 is 0 Å². The van der Waals surface area contributed by atoms with E-state index in [-0.39, 0.29) is 12.5 Å². The topological polar surface area (TPSA) is 108 Å². The number of rotatable bonds is 58. The Kier molecular flexibility index (Phi) is 58.2. The van der Waals surface area contributed by atoms with Crippen LogP contribution in [0, 0.1) is 0 Å². The van der Waals surface area contributed by atoms with E-state index in [1.165, 1.54) is 122 Å². The highest BCUT2D eigenvalue weighted by atomic mass is 31.2. The lowest BCUT2D eigenvalue weighted by Crippen LogP contribution is -2.45. The molecule has 0 saturated heterocycles. The summed E-state index contributed by atoms with van der Waals surface area (Å²) in [5.74, 6) is -0.220. The Balaban J connectivity index is 4.17. The van der Waals surface area contributed by atoms with Gasteiger partial charge in [0.25, 0.3) is 7.82 Å². The van der Waals surface area contributed by atoms with Crippen molar-refractivity contribution in [1.82, 2.24) is 5.32 Å². The van der Waals surface area contributed by atoms with Crippen molar-refractivity contribution in [3.63, 3.8) is 0 Å². The second kappa shape index (κ2) is 61.0.